The van der Waals surface area contributed by atoms with Gasteiger partial charge < -0.3 is 14.8 Å². The van der Waals surface area contributed by atoms with Gasteiger partial charge in [0.25, 0.3) is 0 Å². The lowest BCUT2D eigenvalue weighted by Crippen LogP contribution is -2.15. The molecule has 0 amide bonds. The van der Waals surface area contributed by atoms with E-state index in [1.807, 2.05) is 6.07 Å². The van der Waals surface area contributed by atoms with Gasteiger partial charge in [-0.15, -0.1) is 0 Å². The molecule has 1 N–H and O–H groups in total. The van der Waals surface area contributed by atoms with E-state index in [9.17, 15) is 0 Å². The Bertz CT molecular complexity index is 392. The number of nitrogens with one attached hydrogen (secondary N) is 1. The molecule has 1 fully saturated rings. The second-order valence-corrected chi connectivity index (χ2v) is 5.82. The summed E-state index contributed by atoms with van der Waals surface area (Å²) >= 11 is 3.58. The molecule has 0 aliphatic carbocycles. The van der Waals surface area contributed by atoms with E-state index in [2.05, 4.69) is 40.3 Å². The van der Waals surface area contributed by atoms with Gasteiger partial charge in [0, 0.05) is 23.5 Å². The molecule has 1 aliphatic rings. The maximum Gasteiger partial charge on any atom is 0.119 e. The average molecular weight is 328 g/mol. The first-order valence-corrected chi connectivity index (χ1v) is 7.78. The molecule has 1 aromatic carbocycles. The van der Waals surface area contributed by atoms with Crippen molar-refractivity contribution in [3.8, 4) is 5.75 Å². The molecular weight excluding hydrogens is 306 g/mol. The SMILES string of the molecule is CCCNCc1cc(OCC2CCOC2)ccc1Br. The first-order valence-electron chi connectivity index (χ1n) is 6.99. The van der Waals surface area contributed by atoms with Crippen molar-refractivity contribution in [2.24, 2.45) is 5.92 Å². The summed E-state index contributed by atoms with van der Waals surface area (Å²) in [6, 6.07) is 6.19. The van der Waals surface area contributed by atoms with Gasteiger partial charge in [-0.1, -0.05) is 22.9 Å². The van der Waals surface area contributed by atoms with E-state index < -0.39 is 0 Å². The van der Waals surface area contributed by atoms with Crippen LogP contribution in [0.15, 0.2) is 22.7 Å². The molecule has 0 saturated carbocycles. The van der Waals surface area contributed by atoms with Crippen molar-refractivity contribution in [3.05, 3.63) is 28.2 Å². The van der Waals surface area contributed by atoms with E-state index in [4.69, 9.17) is 9.47 Å². The fourth-order valence-electron chi connectivity index (χ4n) is 2.11. The molecule has 0 aromatic heterocycles. The van der Waals surface area contributed by atoms with E-state index in [0.717, 1.165) is 56.0 Å². The lowest BCUT2D eigenvalue weighted by atomic mass is 10.1. The molecule has 19 heavy (non-hydrogen) atoms. The summed E-state index contributed by atoms with van der Waals surface area (Å²) in [7, 11) is 0. The topological polar surface area (TPSA) is 30.5 Å². The minimum Gasteiger partial charge on any atom is -0.493 e. The Morgan fingerprint density at radius 2 is 2.37 bits per heavy atom. The summed E-state index contributed by atoms with van der Waals surface area (Å²) in [4.78, 5) is 0. The van der Waals surface area contributed by atoms with E-state index in [-0.39, 0.29) is 0 Å². The summed E-state index contributed by atoms with van der Waals surface area (Å²) in [5, 5.41) is 3.41. The van der Waals surface area contributed by atoms with Crippen LogP contribution in [-0.2, 0) is 11.3 Å². The number of rotatable bonds is 7. The summed E-state index contributed by atoms with van der Waals surface area (Å²) in [5.41, 5.74) is 1.24. The van der Waals surface area contributed by atoms with Gasteiger partial charge in [-0.2, -0.15) is 0 Å². The third kappa shape index (κ3) is 4.79. The molecule has 1 saturated heterocycles. The predicted octanol–water partition coefficient (Wildman–Crippen LogP) is 3.36. The van der Waals surface area contributed by atoms with Gasteiger partial charge in [-0.25, -0.2) is 0 Å². The van der Waals surface area contributed by atoms with Crippen molar-refractivity contribution in [2.75, 3.05) is 26.4 Å². The summed E-state index contributed by atoms with van der Waals surface area (Å²) < 4.78 is 12.4. The zero-order valence-electron chi connectivity index (χ0n) is 11.5. The van der Waals surface area contributed by atoms with Gasteiger partial charge in [0.05, 0.1) is 13.2 Å². The molecule has 106 valence electrons. The van der Waals surface area contributed by atoms with Crippen LogP contribution in [0.2, 0.25) is 0 Å². The molecule has 2 rings (SSSR count). The molecule has 1 aliphatic heterocycles. The molecule has 0 radical (unpaired) electrons. The van der Waals surface area contributed by atoms with E-state index in [0.29, 0.717) is 5.92 Å². The van der Waals surface area contributed by atoms with Gasteiger partial charge >= 0.3 is 0 Å². The van der Waals surface area contributed by atoms with Crippen LogP contribution in [0.1, 0.15) is 25.3 Å². The van der Waals surface area contributed by atoms with E-state index in [1.54, 1.807) is 0 Å². The van der Waals surface area contributed by atoms with Crippen molar-refractivity contribution in [2.45, 2.75) is 26.3 Å². The normalized spacial score (nSPS) is 18.7. The van der Waals surface area contributed by atoms with Crippen LogP contribution in [0.25, 0.3) is 0 Å². The highest BCUT2D eigenvalue weighted by molar-refractivity contribution is 9.10. The lowest BCUT2D eigenvalue weighted by Gasteiger charge is -2.12. The van der Waals surface area contributed by atoms with Crippen molar-refractivity contribution in [3.63, 3.8) is 0 Å². The lowest BCUT2D eigenvalue weighted by molar-refractivity contribution is 0.167. The van der Waals surface area contributed by atoms with Crippen molar-refractivity contribution < 1.29 is 9.47 Å². The maximum atomic E-state index is 5.86. The smallest absolute Gasteiger partial charge is 0.119 e. The Labute approximate surface area is 123 Å². The zero-order chi connectivity index (χ0) is 13.5. The summed E-state index contributed by atoms with van der Waals surface area (Å²) in [6.45, 7) is 6.55. The van der Waals surface area contributed by atoms with Crippen LogP contribution < -0.4 is 10.1 Å². The molecule has 1 unspecified atom stereocenters. The van der Waals surface area contributed by atoms with Crippen LogP contribution in [0.3, 0.4) is 0 Å². The van der Waals surface area contributed by atoms with Gasteiger partial charge in [-0.3, -0.25) is 0 Å². The minimum absolute atomic E-state index is 0.547. The first kappa shape index (κ1) is 14.8. The van der Waals surface area contributed by atoms with E-state index in [1.165, 1.54) is 5.56 Å². The van der Waals surface area contributed by atoms with Crippen molar-refractivity contribution in [1.29, 1.82) is 0 Å². The molecule has 0 spiro atoms. The number of benzene rings is 1. The monoisotopic (exact) mass is 327 g/mol. The van der Waals surface area contributed by atoms with Gasteiger partial charge in [0.15, 0.2) is 0 Å². The van der Waals surface area contributed by atoms with Gasteiger partial charge in [0.1, 0.15) is 5.75 Å². The highest BCUT2D eigenvalue weighted by Crippen LogP contribution is 2.23. The Balaban J connectivity index is 1.87. The highest BCUT2D eigenvalue weighted by atomic mass is 79.9. The van der Waals surface area contributed by atoms with Gasteiger partial charge in [0.2, 0.25) is 0 Å². The van der Waals surface area contributed by atoms with Crippen LogP contribution in [-0.4, -0.2) is 26.4 Å². The predicted molar refractivity (Wildman–Crippen MR) is 80.6 cm³/mol. The molecule has 4 heteroatoms. The Hall–Kier alpha value is -0.580. The molecule has 1 atom stereocenters. The molecule has 1 heterocycles. The molecule has 0 bridgehead atoms. The first-order chi connectivity index (χ1) is 9.29. The Morgan fingerprint density at radius 1 is 1.47 bits per heavy atom. The number of hydrogen-bond acceptors (Lipinski definition) is 3. The van der Waals surface area contributed by atoms with Crippen LogP contribution >= 0.6 is 15.9 Å². The van der Waals surface area contributed by atoms with Crippen LogP contribution in [0.4, 0.5) is 0 Å². The number of halogens is 1. The molecular formula is C15H22BrNO2. The standard InChI is InChI=1S/C15H22BrNO2/c1-2-6-17-9-13-8-14(3-4-15(13)16)19-11-12-5-7-18-10-12/h3-4,8,12,17H,2,5-7,9-11H2,1H3. The number of ether oxygens (including phenoxy) is 2. The maximum absolute atomic E-state index is 5.86. The quantitative estimate of drug-likeness (QED) is 0.779. The average Bonchev–Trinajstić information content (AvgIpc) is 2.93. The van der Waals surface area contributed by atoms with E-state index >= 15 is 0 Å². The Morgan fingerprint density at radius 3 is 3.11 bits per heavy atom. The second kappa shape index (κ2) is 7.88. The fraction of sp³-hybridized carbons (Fsp3) is 0.600. The minimum atomic E-state index is 0.547. The Kier molecular flexibility index (Phi) is 6.14. The summed E-state index contributed by atoms with van der Waals surface area (Å²) in [5.74, 6) is 1.49. The second-order valence-electron chi connectivity index (χ2n) is 4.97. The fourth-order valence-corrected chi connectivity index (χ4v) is 2.49. The van der Waals surface area contributed by atoms with Crippen molar-refractivity contribution >= 4 is 15.9 Å². The zero-order valence-corrected chi connectivity index (χ0v) is 13.0. The third-order valence-corrected chi connectivity index (χ3v) is 4.04. The molecule has 1 aromatic rings. The molecule has 3 nitrogen and oxygen atoms in total. The van der Waals surface area contributed by atoms with Gasteiger partial charge in [-0.05, 0) is 43.1 Å². The highest BCUT2D eigenvalue weighted by Gasteiger charge is 2.16. The van der Waals surface area contributed by atoms with Crippen LogP contribution in [0, 0.1) is 5.92 Å². The third-order valence-electron chi connectivity index (χ3n) is 3.27. The van der Waals surface area contributed by atoms with Crippen LogP contribution in [0.5, 0.6) is 5.75 Å². The largest absolute Gasteiger partial charge is 0.493 e. The summed E-state index contributed by atoms with van der Waals surface area (Å²) in [6.07, 6.45) is 2.26. The number of hydrogen-bond donors (Lipinski definition) is 1. The van der Waals surface area contributed by atoms with Crippen molar-refractivity contribution in [1.82, 2.24) is 5.32 Å².